The van der Waals surface area contributed by atoms with Gasteiger partial charge in [-0.25, -0.2) is 4.79 Å². The molecule has 1 saturated heterocycles. The number of amides is 1. The van der Waals surface area contributed by atoms with E-state index in [4.69, 9.17) is 4.74 Å². The van der Waals surface area contributed by atoms with Crippen LogP contribution in [0.25, 0.3) is 0 Å². The number of hydrogen-bond donors (Lipinski definition) is 2. The van der Waals surface area contributed by atoms with Crippen molar-refractivity contribution in [3.05, 3.63) is 29.8 Å². The van der Waals surface area contributed by atoms with Gasteiger partial charge in [-0.2, -0.15) is 0 Å². The van der Waals surface area contributed by atoms with E-state index in [9.17, 15) is 4.79 Å². The second-order valence-corrected chi connectivity index (χ2v) is 3.46. The van der Waals surface area contributed by atoms with Gasteiger partial charge in [0.15, 0.2) is 0 Å². The van der Waals surface area contributed by atoms with Crippen LogP contribution in [0.2, 0.25) is 0 Å². The highest BCUT2D eigenvalue weighted by Gasteiger charge is 2.21. The van der Waals surface area contributed by atoms with Gasteiger partial charge in [-0.1, -0.05) is 12.1 Å². The molecule has 0 aromatic heterocycles. The molecule has 1 aromatic carbocycles. The lowest BCUT2D eigenvalue weighted by atomic mass is 10.1. The Hall–Kier alpha value is -1.55. The standard InChI is InChI=1S/C10H12N2O2/c11-8-3-1-7(2-4-8)5-9-6-14-10(13)12-9/h1-4,9H,5-6,11H2,(H,12,13)/p+1/t9-/m0/s1. The quantitative estimate of drug-likeness (QED) is 0.705. The minimum absolute atomic E-state index is 0.109. The second-order valence-electron chi connectivity index (χ2n) is 3.46. The van der Waals surface area contributed by atoms with Gasteiger partial charge in [-0.3, -0.25) is 0 Å². The molecule has 1 amide bonds. The number of carbonyl (C=O) groups excluding carboxylic acids is 1. The highest BCUT2D eigenvalue weighted by Crippen LogP contribution is 2.09. The molecule has 4 heteroatoms. The van der Waals surface area contributed by atoms with Crippen LogP contribution in [0.15, 0.2) is 24.3 Å². The largest absolute Gasteiger partial charge is 0.447 e. The van der Waals surface area contributed by atoms with Gasteiger partial charge in [0.05, 0.1) is 6.04 Å². The van der Waals surface area contributed by atoms with Gasteiger partial charge in [0.25, 0.3) is 0 Å². The van der Waals surface area contributed by atoms with Gasteiger partial charge >= 0.3 is 6.09 Å². The number of ether oxygens (including phenoxy) is 1. The van der Waals surface area contributed by atoms with Gasteiger partial charge in [0, 0.05) is 0 Å². The third kappa shape index (κ3) is 2.03. The van der Waals surface area contributed by atoms with Crippen molar-refractivity contribution >= 4 is 11.8 Å². The van der Waals surface area contributed by atoms with Crippen LogP contribution in [0.3, 0.4) is 0 Å². The van der Waals surface area contributed by atoms with Crippen LogP contribution in [0.4, 0.5) is 10.5 Å². The van der Waals surface area contributed by atoms with E-state index in [2.05, 4.69) is 11.1 Å². The maximum absolute atomic E-state index is 10.8. The summed E-state index contributed by atoms with van der Waals surface area (Å²) in [6, 6.07) is 8.08. The summed E-state index contributed by atoms with van der Waals surface area (Å²) in [7, 11) is 0. The SMILES string of the molecule is [NH3+]c1ccc(C[C@H]2COC(=O)N2)cc1. The molecule has 4 nitrogen and oxygen atoms in total. The predicted molar refractivity (Wildman–Crippen MR) is 51.0 cm³/mol. The first-order valence-electron chi connectivity index (χ1n) is 4.58. The Balaban J connectivity index is 1.97. The highest BCUT2D eigenvalue weighted by molar-refractivity contribution is 5.69. The average molecular weight is 193 g/mol. The fourth-order valence-corrected chi connectivity index (χ4v) is 1.50. The van der Waals surface area contributed by atoms with Crippen LogP contribution < -0.4 is 11.1 Å². The van der Waals surface area contributed by atoms with Gasteiger partial charge < -0.3 is 15.8 Å². The minimum Gasteiger partial charge on any atom is -0.447 e. The zero-order valence-corrected chi connectivity index (χ0v) is 7.82. The summed E-state index contributed by atoms with van der Waals surface area (Å²) in [6.07, 6.45) is 0.496. The number of benzene rings is 1. The Kier molecular flexibility index (Phi) is 2.37. The van der Waals surface area contributed by atoms with Crippen molar-refractivity contribution in [3.63, 3.8) is 0 Å². The average Bonchev–Trinajstić information content (AvgIpc) is 2.56. The van der Waals surface area contributed by atoms with Crippen LogP contribution in [0.1, 0.15) is 5.56 Å². The second kappa shape index (κ2) is 3.67. The zero-order valence-electron chi connectivity index (χ0n) is 7.82. The van der Waals surface area contributed by atoms with Crippen molar-refractivity contribution in [2.75, 3.05) is 6.61 Å². The highest BCUT2D eigenvalue weighted by atomic mass is 16.6. The van der Waals surface area contributed by atoms with Gasteiger partial charge in [-0.15, -0.1) is 0 Å². The van der Waals surface area contributed by atoms with Crippen molar-refractivity contribution < 1.29 is 15.3 Å². The molecule has 1 aliphatic heterocycles. The molecule has 1 heterocycles. The lowest BCUT2D eigenvalue weighted by Crippen LogP contribution is -2.40. The van der Waals surface area contributed by atoms with E-state index < -0.39 is 0 Å². The summed E-state index contributed by atoms with van der Waals surface area (Å²) in [4.78, 5) is 10.8. The summed E-state index contributed by atoms with van der Waals surface area (Å²) in [6.45, 7) is 0.463. The van der Waals surface area contributed by atoms with E-state index in [0.717, 1.165) is 12.1 Å². The maximum atomic E-state index is 10.8. The molecule has 74 valence electrons. The number of cyclic esters (lactones) is 1. The summed E-state index contributed by atoms with van der Waals surface area (Å²) < 4.78 is 4.80. The fourth-order valence-electron chi connectivity index (χ4n) is 1.50. The Morgan fingerprint density at radius 1 is 1.43 bits per heavy atom. The van der Waals surface area contributed by atoms with Crippen LogP contribution in [0.5, 0.6) is 0 Å². The van der Waals surface area contributed by atoms with E-state index in [1.165, 1.54) is 5.56 Å². The molecule has 1 aromatic rings. The third-order valence-corrected chi connectivity index (χ3v) is 2.24. The molecule has 1 atom stereocenters. The molecular formula is C10H13N2O2+. The van der Waals surface area contributed by atoms with Crippen molar-refractivity contribution in [3.8, 4) is 0 Å². The summed E-state index contributed by atoms with van der Waals surface area (Å²) in [5.41, 5.74) is 6.00. The van der Waals surface area contributed by atoms with E-state index >= 15 is 0 Å². The lowest BCUT2D eigenvalue weighted by molar-refractivity contribution is -0.254. The van der Waals surface area contributed by atoms with Crippen molar-refractivity contribution in [2.24, 2.45) is 0 Å². The molecule has 0 spiro atoms. The summed E-state index contributed by atoms with van der Waals surface area (Å²) in [5.74, 6) is 0. The lowest BCUT2D eigenvalue weighted by Gasteiger charge is -2.06. The van der Waals surface area contributed by atoms with E-state index in [-0.39, 0.29) is 12.1 Å². The number of rotatable bonds is 2. The minimum atomic E-state index is -0.316. The Bertz CT molecular complexity index is 334. The van der Waals surface area contributed by atoms with Crippen molar-refractivity contribution in [2.45, 2.75) is 12.5 Å². The Labute approximate surface area is 82.1 Å². The fraction of sp³-hybridized carbons (Fsp3) is 0.300. The van der Waals surface area contributed by atoms with Crippen LogP contribution >= 0.6 is 0 Å². The van der Waals surface area contributed by atoms with E-state index in [1.807, 2.05) is 24.3 Å². The van der Waals surface area contributed by atoms with Crippen molar-refractivity contribution in [1.29, 1.82) is 0 Å². The van der Waals surface area contributed by atoms with E-state index in [0.29, 0.717) is 6.61 Å². The molecule has 0 bridgehead atoms. The number of quaternary nitrogens is 1. The Morgan fingerprint density at radius 2 is 2.14 bits per heavy atom. The van der Waals surface area contributed by atoms with Crippen molar-refractivity contribution in [1.82, 2.24) is 5.32 Å². The van der Waals surface area contributed by atoms with Crippen LogP contribution in [0, 0.1) is 0 Å². The molecular weight excluding hydrogens is 180 g/mol. The molecule has 4 N–H and O–H groups in total. The number of carbonyl (C=O) groups is 1. The van der Waals surface area contributed by atoms with Crippen LogP contribution in [-0.2, 0) is 11.2 Å². The van der Waals surface area contributed by atoms with Gasteiger partial charge in [0.2, 0.25) is 0 Å². The normalized spacial score (nSPS) is 20.4. The number of hydrogen-bond acceptors (Lipinski definition) is 2. The van der Waals surface area contributed by atoms with Gasteiger partial charge in [0.1, 0.15) is 12.3 Å². The first kappa shape index (κ1) is 9.02. The first-order valence-corrected chi connectivity index (χ1v) is 4.58. The molecule has 0 radical (unpaired) electrons. The number of nitrogens with one attached hydrogen (secondary N) is 1. The third-order valence-electron chi connectivity index (χ3n) is 2.24. The van der Waals surface area contributed by atoms with E-state index in [1.54, 1.807) is 0 Å². The summed E-state index contributed by atoms with van der Waals surface area (Å²) in [5, 5.41) is 2.74. The summed E-state index contributed by atoms with van der Waals surface area (Å²) >= 11 is 0. The topological polar surface area (TPSA) is 66.0 Å². The first-order chi connectivity index (χ1) is 6.74. The Morgan fingerprint density at radius 3 is 2.71 bits per heavy atom. The molecule has 14 heavy (non-hydrogen) atoms. The number of alkyl carbamates (subject to hydrolysis) is 1. The molecule has 1 fully saturated rings. The van der Waals surface area contributed by atoms with Gasteiger partial charge in [-0.05, 0) is 24.1 Å². The molecule has 1 aliphatic rings. The smallest absolute Gasteiger partial charge is 0.407 e. The molecule has 2 rings (SSSR count). The predicted octanol–water partition coefficient (Wildman–Crippen LogP) is 0.211. The maximum Gasteiger partial charge on any atom is 0.407 e. The monoisotopic (exact) mass is 193 g/mol. The molecule has 0 saturated carbocycles. The molecule has 0 unspecified atom stereocenters. The molecule has 0 aliphatic carbocycles. The zero-order chi connectivity index (χ0) is 9.97. The van der Waals surface area contributed by atoms with Crippen LogP contribution in [-0.4, -0.2) is 18.7 Å².